The first-order valence-electron chi connectivity index (χ1n) is 11.6. The molecule has 1 aliphatic heterocycles. The van der Waals surface area contributed by atoms with E-state index in [0.717, 1.165) is 34.1 Å². The zero-order valence-corrected chi connectivity index (χ0v) is 20.5. The molecule has 3 heterocycles. The molecule has 0 radical (unpaired) electrons. The van der Waals surface area contributed by atoms with Crippen LogP contribution in [-0.2, 0) is 4.79 Å². The normalized spacial score (nSPS) is 13.9. The third-order valence-corrected chi connectivity index (χ3v) is 7.30. The number of H-pyrrole nitrogens is 1. The minimum atomic E-state index is -0.216. The van der Waals surface area contributed by atoms with Crippen LogP contribution in [0, 0.1) is 6.92 Å². The number of aryl methyl sites for hydroxylation is 1. The molecule has 1 fully saturated rings. The number of aromatic nitrogens is 2. The summed E-state index contributed by atoms with van der Waals surface area (Å²) < 4.78 is 0. The van der Waals surface area contributed by atoms with Gasteiger partial charge >= 0.3 is 0 Å². The van der Waals surface area contributed by atoms with Gasteiger partial charge in [-0.1, -0.05) is 30.3 Å². The number of carbonyl (C=O) groups excluding carboxylic acids is 3. The fourth-order valence-electron chi connectivity index (χ4n) is 4.22. The Kier molecular flexibility index (Phi) is 6.64. The largest absolute Gasteiger partial charge is 0.342 e. The molecule has 2 N–H and O–H groups in total. The first-order chi connectivity index (χ1) is 17.5. The highest BCUT2D eigenvalue weighted by Crippen LogP contribution is 2.25. The van der Waals surface area contributed by atoms with Crippen molar-refractivity contribution in [1.82, 2.24) is 20.0 Å². The first-order valence-corrected chi connectivity index (χ1v) is 12.5. The van der Waals surface area contributed by atoms with Gasteiger partial charge in [-0.2, -0.15) is 5.10 Å². The highest BCUT2D eigenvalue weighted by atomic mass is 32.1. The molecule has 36 heavy (non-hydrogen) atoms. The first kappa shape index (κ1) is 23.5. The minimum Gasteiger partial charge on any atom is -0.342 e. The summed E-state index contributed by atoms with van der Waals surface area (Å²) in [4.78, 5) is 41.2. The molecular formula is C27H25N5O3S. The fourth-order valence-corrected chi connectivity index (χ4v) is 5.04. The number of carbonyl (C=O) groups is 3. The SMILES string of the molecule is Cc1ccsc1C(=O)Nc1cc(C(=O)N2CCN(C=O)CC2)ccc1/C=C/c1n[nH]c2ccccc12. The molecule has 4 aromatic rings. The topological polar surface area (TPSA) is 98.4 Å². The minimum absolute atomic E-state index is 0.128. The number of hydrogen-bond acceptors (Lipinski definition) is 5. The van der Waals surface area contributed by atoms with Gasteiger partial charge in [0, 0.05) is 42.8 Å². The molecule has 5 rings (SSSR count). The number of nitrogens with one attached hydrogen (secondary N) is 2. The number of hydrogen-bond donors (Lipinski definition) is 2. The summed E-state index contributed by atoms with van der Waals surface area (Å²) in [5.41, 5.74) is 4.40. The van der Waals surface area contributed by atoms with E-state index in [4.69, 9.17) is 0 Å². The quantitative estimate of drug-likeness (QED) is 0.387. The van der Waals surface area contributed by atoms with Crippen LogP contribution in [0.15, 0.2) is 53.9 Å². The molecule has 0 spiro atoms. The van der Waals surface area contributed by atoms with Crippen molar-refractivity contribution in [2.45, 2.75) is 6.92 Å². The van der Waals surface area contributed by atoms with Gasteiger partial charge in [0.15, 0.2) is 0 Å². The Hall–Kier alpha value is -4.24. The predicted molar refractivity (Wildman–Crippen MR) is 142 cm³/mol. The molecule has 1 saturated heterocycles. The number of piperazine rings is 1. The van der Waals surface area contributed by atoms with Crippen molar-refractivity contribution in [3.8, 4) is 0 Å². The second-order valence-corrected chi connectivity index (χ2v) is 9.53. The van der Waals surface area contributed by atoms with Gasteiger partial charge in [-0.25, -0.2) is 0 Å². The number of rotatable bonds is 6. The molecule has 1 aliphatic rings. The summed E-state index contributed by atoms with van der Waals surface area (Å²) in [5.74, 6) is -0.344. The van der Waals surface area contributed by atoms with Crippen LogP contribution in [0.1, 0.15) is 36.9 Å². The summed E-state index contributed by atoms with van der Waals surface area (Å²) in [6.07, 6.45) is 4.59. The van der Waals surface area contributed by atoms with Gasteiger partial charge in [-0.3, -0.25) is 19.5 Å². The zero-order chi connectivity index (χ0) is 25.1. The Morgan fingerprint density at radius 1 is 1.06 bits per heavy atom. The Morgan fingerprint density at radius 3 is 2.61 bits per heavy atom. The third-order valence-electron chi connectivity index (χ3n) is 6.29. The van der Waals surface area contributed by atoms with Gasteiger partial charge in [-0.15, -0.1) is 11.3 Å². The van der Waals surface area contributed by atoms with Crippen LogP contribution in [-0.4, -0.2) is 64.4 Å². The van der Waals surface area contributed by atoms with Gasteiger partial charge in [0.1, 0.15) is 0 Å². The lowest BCUT2D eigenvalue weighted by molar-refractivity contribution is -0.119. The highest BCUT2D eigenvalue weighted by molar-refractivity contribution is 7.12. The van der Waals surface area contributed by atoms with Crippen molar-refractivity contribution >= 4 is 58.3 Å². The number of fused-ring (bicyclic) bond motifs is 1. The van der Waals surface area contributed by atoms with E-state index in [-0.39, 0.29) is 11.8 Å². The maximum absolute atomic E-state index is 13.2. The molecule has 3 amide bonds. The van der Waals surface area contributed by atoms with Crippen LogP contribution < -0.4 is 5.32 Å². The molecule has 8 nitrogen and oxygen atoms in total. The van der Waals surface area contributed by atoms with Crippen molar-refractivity contribution in [2.75, 3.05) is 31.5 Å². The number of benzene rings is 2. The second-order valence-electron chi connectivity index (χ2n) is 8.61. The van der Waals surface area contributed by atoms with E-state index in [9.17, 15) is 14.4 Å². The van der Waals surface area contributed by atoms with Crippen molar-refractivity contribution in [1.29, 1.82) is 0 Å². The van der Waals surface area contributed by atoms with Crippen LogP contribution >= 0.6 is 11.3 Å². The molecule has 182 valence electrons. The van der Waals surface area contributed by atoms with Gasteiger partial charge in [-0.05, 0) is 53.8 Å². The lowest BCUT2D eigenvalue weighted by atomic mass is 10.1. The van der Waals surface area contributed by atoms with Gasteiger partial charge in [0.25, 0.3) is 11.8 Å². The summed E-state index contributed by atoms with van der Waals surface area (Å²) in [6.45, 7) is 3.86. The van der Waals surface area contributed by atoms with E-state index in [1.54, 1.807) is 21.9 Å². The van der Waals surface area contributed by atoms with Gasteiger partial charge < -0.3 is 15.1 Å². The molecule has 0 saturated carbocycles. The lowest BCUT2D eigenvalue weighted by Gasteiger charge is -2.32. The Labute approximate surface area is 212 Å². The predicted octanol–water partition coefficient (Wildman–Crippen LogP) is 4.27. The fraction of sp³-hybridized carbons (Fsp3) is 0.185. The number of aromatic amines is 1. The Balaban J connectivity index is 1.45. The summed E-state index contributed by atoms with van der Waals surface area (Å²) >= 11 is 1.38. The van der Waals surface area contributed by atoms with Crippen molar-refractivity contribution in [3.63, 3.8) is 0 Å². The van der Waals surface area contributed by atoms with Gasteiger partial charge in [0.05, 0.1) is 16.1 Å². The summed E-state index contributed by atoms with van der Waals surface area (Å²) in [7, 11) is 0. The monoisotopic (exact) mass is 499 g/mol. The molecule has 9 heteroatoms. The van der Waals surface area contributed by atoms with Crippen molar-refractivity contribution < 1.29 is 14.4 Å². The van der Waals surface area contributed by atoms with Crippen LogP contribution in [0.5, 0.6) is 0 Å². The van der Waals surface area contributed by atoms with Crippen molar-refractivity contribution in [3.05, 3.63) is 81.2 Å². The number of para-hydroxylation sites is 1. The molecule has 0 unspecified atom stereocenters. The smallest absolute Gasteiger partial charge is 0.266 e. The van der Waals surface area contributed by atoms with E-state index in [1.807, 2.05) is 60.9 Å². The second kappa shape index (κ2) is 10.2. The number of amides is 3. The molecule has 0 atom stereocenters. The van der Waals surface area contributed by atoms with Crippen molar-refractivity contribution in [2.24, 2.45) is 0 Å². The zero-order valence-electron chi connectivity index (χ0n) is 19.7. The number of anilines is 1. The Bertz CT molecular complexity index is 1460. The van der Waals surface area contributed by atoms with Crippen LogP contribution in [0.4, 0.5) is 5.69 Å². The average molecular weight is 500 g/mol. The number of nitrogens with zero attached hydrogens (tertiary/aromatic N) is 3. The molecule has 0 aliphatic carbocycles. The molecule has 2 aromatic heterocycles. The van der Waals surface area contributed by atoms with E-state index in [1.165, 1.54) is 11.3 Å². The lowest BCUT2D eigenvalue weighted by Crippen LogP contribution is -2.48. The third kappa shape index (κ3) is 4.78. The Morgan fingerprint density at radius 2 is 1.86 bits per heavy atom. The van der Waals surface area contributed by atoms with E-state index in [2.05, 4.69) is 15.5 Å². The van der Waals surface area contributed by atoms with E-state index >= 15 is 0 Å². The number of thiophene rings is 1. The molecular weight excluding hydrogens is 474 g/mol. The summed E-state index contributed by atoms with van der Waals surface area (Å²) in [6, 6.07) is 15.1. The van der Waals surface area contributed by atoms with E-state index < -0.39 is 0 Å². The van der Waals surface area contributed by atoms with Crippen LogP contribution in [0.25, 0.3) is 23.1 Å². The highest BCUT2D eigenvalue weighted by Gasteiger charge is 2.22. The molecule has 0 bridgehead atoms. The summed E-state index contributed by atoms with van der Waals surface area (Å²) in [5, 5.41) is 13.3. The maximum atomic E-state index is 13.2. The van der Waals surface area contributed by atoms with Gasteiger partial charge in [0.2, 0.25) is 6.41 Å². The van der Waals surface area contributed by atoms with Crippen LogP contribution in [0.2, 0.25) is 0 Å². The standard InChI is InChI=1S/C27H25N5O3S/c1-18-10-15-36-25(18)26(34)28-24-16-20(27(35)32-13-11-31(17-33)12-14-32)7-6-19(24)8-9-23-21-4-2-3-5-22(21)29-30-23/h2-10,15-17H,11-14H2,1H3,(H,28,34)(H,29,30)/b9-8+. The van der Waals surface area contributed by atoms with E-state index in [0.29, 0.717) is 42.3 Å². The average Bonchev–Trinajstić information content (AvgIpc) is 3.53. The molecule has 2 aromatic carbocycles. The maximum Gasteiger partial charge on any atom is 0.266 e. The van der Waals surface area contributed by atoms with Crippen LogP contribution in [0.3, 0.4) is 0 Å².